The predicted octanol–water partition coefficient (Wildman–Crippen LogP) is 2.16. The van der Waals surface area contributed by atoms with Gasteiger partial charge in [0.25, 0.3) is 0 Å². The molecule has 7 heteroatoms. The first-order chi connectivity index (χ1) is 13.0. The maximum Gasteiger partial charge on any atom is 0.145 e. The number of aromatic nitrogens is 3. The number of hydrogen-bond donors (Lipinski definition) is 0. The molecular weight excluding hydrogens is 344 g/mol. The highest BCUT2D eigenvalue weighted by atomic mass is 16.6. The smallest absolute Gasteiger partial charge is 0.145 e. The minimum atomic E-state index is -0.126. The lowest BCUT2D eigenvalue weighted by Crippen LogP contribution is -2.30. The maximum absolute atomic E-state index is 6.13. The van der Waals surface area contributed by atoms with Gasteiger partial charge >= 0.3 is 0 Å². The second kappa shape index (κ2) is 7.40. The Morgan fingerprint density at radius 2 is 1.70 bits per heavy atom. The van der Waals surface area contributed by atoms with E-state index in [4.69, 9.17) is 14.2 Å². The number of fused-ring (bicyclic) bond motifs is 1. The Kier molecular flexibility index (Phi) is 4.97. The molecule has 2 aliphatic heterocycles. The molecular formula is C20H26N4O3. The number of anilines is 1. The lowest BCUT2D eigenvalue weighted by molar-refractivity contribution is -0.00461. The van der Waals surface area contributed by atoms with Gasteiger partial charge < -0.3 is 19.1 Å². The van der Waals surface area contributed by atoms with Gasteiger partial charge in [-0.1, -0.05) is 0 Å². The molecule has 0 N–H and O–H groups in total. The Balaban J connectivity index is 1.40. The van der Waals surface area contributed by atoms with Crippen LogP contribution in [0.5, 0.6) is 5.75 Å². The molecule has 27 heavy (non-hydrogen) atoms. The summed E-state index contributed by atoms with van der Waals surface area (Å²) in [5.41, 5.74) is 3.10. The van der Waals surface area contributed by atoms with Crippen LogP contribution in [0.3, 0.4) is 0 Å². The standard InChI is InChI=1S/C20H26N4O3/c1-12-5-6-16(7-21-12)27-17-10-25-18-8-24(9-19(18)26-11-17)20-13(2)14(3)22-15(4)23-20/h5-7,17-19H,8-11H2,1-4H3/t18-,19-/m0/s1. The fourth-order valence-corrected chi connectivity index (χ4v) is 3.59. The predicted molar refractivity (Wildman–Crippen MR) is 101 cm³/mol. The van der Waals surface area contributed by atoms with E-state index in [0.717, 1.165) is 47.4 Å². The van der Waals surface area contributed by atoms with E-state index < -0.39 is 0 Å². The quantitative estimate of drug-likeness (QED) is 0.820. The van der Waals surface area contributed by atoms with Crippen LogP contribution in [-0.4, -0.2) is 59.6 Å². The monoisotopic (exact) mass is 370 g/mol. The summed E-state index contributed by atoms with van der Waals surface area (Å²) in [6.07, 6.45) is 1.65. The molecule has 0 saturated carbocycles. The number of rotatable bonds is 3. The zero-order valence-electron chi connectivity index (χ0n) is 16.3. The average molecular weight is 370 g/mol. The van der Waals surface area contributed by atoms with E-state index in [-0.39, 0.29) is 18.3 Å². The van der Waals surface area contributed by atoms with Crippen LogP contribution in [0.25, 0.3) is 0 Å². The molecule has 0 amide bonds. The van der Waals surface area contributed by atoms with Gasteiger partial charge in [0.05, 0.1) is 19.4 Å². The molecule has 2 aromatic heterocycles. The lowest BCUT2D eigenvalue weighted by atomic mass is 10.2. The molecule has 0 bridgehead atoms. The first-order valence-corrected chi connectivity index (χ1v) is 9.39. The Hall–Kier alpha value is -2.25. The van der Waals surface area contributed by atoms with Crippen LogP contribution in [0.4, 0.5) is 5.82 Å². The van der Waals surface area contributed by atoms with Crippen molar-refractivity contribution in [3.63, 3.8) is 0 Å². The van der Waals surface area contributed by atoms with Crippen molar-refractivity contribution < 1.29 is 14.2 Å². The molecule has 7 nitrogen and oxygen atoms in total. The molecule has 2 atom stereocenters. The summed E-state index contributed by atoms with van der Waals surface area (Å²) in [6.45, 7) is 10.5. The van der Waals surface area contributed by atoms with Crippen LogP contribution in [0.1, 0.15) is 22.8 Å². The lowest BCUT2D eigenvalue weighted by Gasteiger charge is -2.22. The number of ether oxygens (including phenoxy) is 3. The molecule has 4 rings (SSSR count). The fraction of sp³-hybridized carbons (Fsp3) is 0.550. The maximum atomic E-state index is 6.13. The first-order valence-electron chi connectivity index (χ1n) is 9.39. The largest absolute Gasteiger partial charge is 0.484 e. The molecule has 4 heterocycles. The molecule has 0 unspecified atom stereocenters. The molecule has 144 valence electrons. The highest BCUT2D eigenvalue weighted by Gasteiger charge is 2.39. The van der Waals surface area contributed by atoms with E-state index in [9.17, 15) is 0 Å². The Labute approximate surface area is 159 Å². The molecule has 0 aliphatic carbocycles. The molecule has 0 radical (unpaired) electrons. The van der Waals surface area contributed by atoms with Gasteiger partial charge in [-0.3, -0.25) is 4.98 Å². The molecule has 2 saturated heterocycles. The zero-order valence-corrected chi connectivity index (χ0v) is 16.3. The summed E-state index contributed by atoms with van der Waals surface area (Å²) in [5, 5.41) is 0. The third-order valence-corrected chi connectivity index (χ3v) is 5.17. The van der Waals surface area contributed by atoms with Gasteiger partial charge in [0.1, 0.15) is 35.7 Å². The molecule has 0 aromatic carbocycles. The number of aryl methyl sites for hydroxylation is 3. The van der Waals surface area contributed by atoms with Crippen molar-refractivity contribution in [2.75, 3.05) is 31.2 Å². The van der Waals surface area contributed by atoms with Gasteiger partial charge in [0.2, 0.25) is 0 Å². The molecule has 2 fully saturated rings. The van der Waals surface area contributed by atoms with Gasteiger partial charge in [-0.25, -0.2) is 9.97 Å². The number of pyridine rings is 1. The van der Waals surface area contributed by atoms with E-state index in [1.54, 1.807) is 6.20 Å². The van der Waals surface area contributed by atoms with Gasteiger partial charge in [-0.05, 0) is 39.8 Å². The topological polar surface area (TPSA) is 69.6 Å². The average Bonchev–Trinajstić information content (AvgIpc) is 2.96. The van der Waals surface area contributed by atoms with Gasteiger partial charge in [-0.15, -0.1) is 0 Å². The van der Waals surface area contributed by atoms with Gasteiger partial charge in [0, 0.05) is 30.0 Å². The fourth-order valence-electron chi connectivity index (χ4n) is 3.59. The normalized spacial score (nSPS) is 23.2. The van der Waals surface area contributed by atoms with E-state index in [0.29, 0.717) is 13.2 Å². The molecule has 2 aliphatic rings. The minimum Gasteiger partial charge on any atom is -0.484 e. The van der Waals surface area contributed by atoms with Crippen LogP contribution in [0, 0.1) is 27.7 Å². The van der Waals surface area contributed by atoms with Crippen molar-refractivity contribution in [1.29, 1.82) is 0 Å². The van der Waals surface area contributed by atoms with E-state index in [1.165, 1.54) is 0 Å². The molecule has 2 aromatic rings. The third-order valence-electron chi connectivity index (χ3n) is 5.17. The van der Waals surface area contributed by atoms with Gasteiger partial charge in [0.15, 0.2) is 0 Å². The van der Waals surface area contributed by atoms with E-state index in [1.807, 2.05) is 32.9 Å². The SMILES string of the molecule is Cc1ccc(OC2CO[C@H]3CN(c4nc(C)nc(C)c4C)C[C@@H]3OC2)cn1. The van der Waals surface area contributed by atoms with Crippen molar-refractivity contribution in [1.82, 2.24) is 15.0 Å². The van der Waals surface area contributed by atoms with E-state index >= 15 is 0 Å². The second-order valence-electron chi connectivity index (χ2n) is 7.33. The highest BCUT2D eigenvalue weighted by molar-refractivity contribution is 5.49. The number of nitrogens with zero attached hydrogens (tertiary/aromatic N) is 4. The van der Waals surface area contributed by atoms with Crippen molar-refractivity contribution >= 4 is 5.82 Å². The van der Waals surface area contributed by atoms with Gasteiger partial charge in [-0.2, -0.15) is 0 Å². The number of hydrogen-bond acceptors (Lipinski definition) is 7. The van der Waals surface area contributed by atoms with Crippen molar-refractivity contribution in [3.05, 3.63) is 41.1 Å². The Bertz CT molecular complexity index is 796. The highest BCUT2D eigenvalue weighted by Crippen LogP contribution is 2.28. The second-order valence-corrected chi connectivity index (χ2v) is 7.33. The van der Waals surface area contributed by atoms with Crippen LogP contribution in [0.2, 0.25) is 0 Å². The summed E-state index contributed by atoms with van der Waals surface area (Å²) in [6, 6.07) is 3.87. The zero-order chi connectivity index (χ0) is 19.0. The van der Waals surface area contributed by atoms with Crippen LogP contribution in [0.15, 0.2) is 18.3 Å². The van der Waals surface area contributed by atoms with Crippen LogP contribution >= 0.6 is 0 Å². The summed E-state index contributed by atoms with van der Waals surface area (Å²) < 4.78 is 18.2. The summed E-state index contributed by atoms with van der Waals surface area (Å²) in [4.78, 5) is 15.6. The Morgan fingerprint density at radius 3 is 2.33 bits per heavy atom. The first kappa shape index (κ1) is 18.1. The van der Waals surface area contributed by atoms with Crippen molar-refractivity contribution in [2.45, 2.75) is 46.0 Å². The van der Waals surface area contributed by atoms with E-state index in [2.05, 4.69) is 26.8 Å². The summed E-state index contributed by atoms with van der Waals surface area (Å²) in [7, 11) is 0. The Morgan fingerprint density at radius 1 is 1.00 bits per heavy atom. The summed E-state index contributed by atoms with van der Waals surface area (Å²) >= 11 is 0. The van der Waals surface area contributed by atoms with Crippen molar-refractivity contribution in [2.24, 2.45) is 0 Å². The summed E-state index contributed by atoms with van der Waals surface area (Å²) in [5.74, 6) is 2.52. The van der Waals surface area contributed by atoms with Crippen LogP contribution in [-0.2, 0) is 9.47 Å². The van der Waals surface area contributed by atoms with Crippen molar-refractivity contribution in [3.8, 4) is 5.75 Å². The van der Waals surface area contributed by atoms with Crippen LogP contribution < -0.4 is 9.64 Å². The molecule has 0 spiro atoms. The third kappa shape index (κ3) is 3.89. The minimum absolute atomic E-state index is 0.0183.